The molecule has 0 saturated heterocycles. The average Bonchev–Trinajstić information content (AvgIpc) is 3.01. The second kappa shape index (κ2) is 6.76. The summed E-state index contributed by atoms with van der Waals surface area (Å²) in [6, 6.07) is 7.46. The zero-order valence-corrected chi connectivity index (χ0v) is 14.2. The van der Waals surface area contributed by atoms with Crippen LogP contribution in [0, 0.1) is 12.7 Å². The summed E-state index contributed by atoms with van der Waals surface area (Å²) in [5.41, 5.74) is 0.727. The Hall–Kier alpha value is -2.15. The highest BCUT2D eigenvalue weighted by atomic mass is 32.2. The van der Waals surface area contributed by atoms with Crippen molar-refractivity contribution in [2.24, 2.45) is 0 Å². The van der Waals surface area contributed by atoms with Crippen molar-refractivity contribution in [3.05, 3.63) is 47.9 Å². The maximum absolute atomic E-state index is 13.1. The lowest BCUT2D eigenvalue weighted by Crippen LogP contribution is -2.16. The molecule has 5 nitrogen and oxygen atoms in total. The molecular weight excluding hydrogens is 329 g/mol. The molecule has 7 heteroatoms. The van der Waals surface area contributed by atoms with Crippen molar-refractivity contribution in [2.45, 2.75) is 43.5 Å². The Kier molecular flexibility index (Phi) is 4.71. The number of rotatable bonds is 5. The zero-order valence-electron chi connectivity index (χ0n) is 13.4. The number of sulfonamides is 1. The lowest BCUT2D eigenvalue weighted by Gasteiger charge is -2.13. The smallest absolute Gasteiger partial charge is 0.262 e. The van der Waals surface area contributed by atoms with Crippen LogP contribution in [0.5, 0.6) is 0 Å². The Balaban J connectivity index is 1.72. The van der Waals surface area contributed by atoms with Crippen LogP contribution in [0.4, 0.5) is 15.9 Å². The Morgan fingerprint density at radius 3 is 2.54 bits per heavy atom. The van der Waals surface area contributed by atoms with E-state index in [-0.39, 0.29) is 4.90 Å². The minimum atomic E-state index is -3.77. The molecule has 1 aliphatic carbocycles. The van der Waals surface area contributed by atoms with Crippen molar-refractivity contribution in [1.82, 2.24) is 4.98 Å². The van der Waals surface area contributed by atoms with Gasteiger partial charge in [-0.05, 0) is 55.7 Å². The maximum atomic E-state index is 13.1. The molecule has 2 aromatic rings. The fourth-order valence-corrected chi connectivity index (χ4v) is 4.21. The molecule has 1 aromatic carbocycles. The number of pyridine rings is 1. The molecule has 1 aliphatic rings. The molecule has 0 bridgehead atoms. The van der Waals surface area contributed by atoms with Crippen molar-refractivity contribution < 1.29 is 12.8 Å². The Morgan fingerprint density at radius 2 is 1.92 bits per heavy atom. The van der Waals surface area contributed by atoms with Gasteiger partial charge in [0.15, 0.2) is 0 Å². The molecule has 3 rings (SSSR count). The lowest BCUT2D eigenvalue weighted by molar-refractivity contribution is 0.598. The van der Waals surface area contributed by atoms with E-state index in [2.05, 4.69) is 15.0 Å². The third kappa shape index (κ3) is 3.84. The van der Waals surface area contributed by atoms with E-state index in [4.69, 9.17) is 0 Å². The molecule has 128 valence electrons. The van der Waals surface area contributed by atoms with Crippen LogP contribution in [-0.4, -0.2) is 19.4 Å². The fraction of sp³-hybridized carbons (Fsp3) is 0.353. The van der Waals surface area contributed by atoms with E-state index in [1.807, 2.05) is 0 Å². The number of anilines is 2. The molecule has 1 heterocycles. The van der Waals surface area contributed by atoms with E-state index in [1.54, 1.807) is 19.1 Å². The maximum Gasteiger partial charge on any atom is 0.262 e. The first-order chi connectivity index (χ1) is 11.4. The SMILES string of the molecule is Cc1cc(F)ccc1S(=O)(=O)Nc1ccc(NC2CCCC2)nc1. The third-order valence-corrected chi connectivity index (χ3v) is 5.69. The third-order valence-electron chi connectivity index (χ3n) is 4.15. The monoisotopic (exact) mass is 349 g/mol. The second-order valence-electron chi connectivity index (χ2n) is 6.07. The first kappa shape index (κ1) is 16.7. The van der Waals surface area contributed by atoms with Crippen LogP contribution in [0.3, 0.4) is 0 Å². The number of hydrogen-bond acceptors (Lipinski definition) is 4. The van der Waals surface area contributed by atoms with Crippen molar-refractivity contribution >= 4 is 21.5 Å². The van der Waals surface area contributed by atoms with Crippen LogP contribution in [-0.2, 0) is 10.0 Å². The van der Waals surface area contributed by atoms with Gasteiger partial charge in [-0.3, -0.25) is 4.72 Å². The van der Waals surface area contributed by atoms with Gasteiger partial charge in [0.1, 0.15) is 11.6 Å². The molecule has 0 amide bonds. The summed E-state index contributed by atoms with van der Waals surface area (Å²) < 4.78 is 40.5. The van der Waals surface area contributed by atoms with E-state index in [0.29, 0.717) is 17.3 Å². The molecule has 1 saturated carbocycles. The fourth-order valence-electron chi connectivity index (χ4n) is 2.94. The van der Waals surface area contributed by atoms with Gasteiger partial charge in [0, 0.05) is 6.04 Å². The molecule has 2 N–H and O–H groups in total. The van der Waals surface area contributed by atoms with Gasteiger partial charge in [-0.15, -0.1) is 0 Å². The van der Waals surface area contributed by atoms with Crippen LogP contribution in [0.2, 0.25) is 0 Å². The van der Waals surface area contributed by atoms with Crippen LogP contribution < -0.4 is 10.0 Å². The summed E-state index contributed by atoms with van der Waals surface area (Å²) in [6.07, 6.45) is 6.21. The Labute approximate surface area is 141 Å². The highest BCUT2D eigenvalue weighted by molar-refractivity contribution is 7.92. The minimum absolute atomic E-state index is 0.0528. The first-order valence-electron chi connectivity index (χ1n) is 7.95. The van der Waals surface area contributed by atoms with Gasteiger partial charge in [0.25, 0.3) is 10.0 Å². The minimum Gasteiger partial charge on any atom is -0.367 e. The predicted molar refractivity (Wildman–Crippen MR) is 92.1 cm³/mol. The summed E-state index contributed by atoms with van der Waals surface area (Å²) in [5.74, 6) is 0.276. The van der Waals surface area contributed by atoms with Crippen LogP contribution in [0.15, 0.2) is 41.4 Å². The Bertz CT molecular complexity index is 816. The molecule has 1 aromatic heterocycles. The summed E-state index contributed by atoms with van der Waals surface area (Å²) in [7, 11) is -3.77. The van der Waals surface area contributed by atoms with E-state index in [9.17, 15) is 12.8 Å². The second-order valence-corrected chi connectivity index (χ2v) is 7.72. The topological polar surface area (TPSA) is 71.1 Å². The number of hydrogen-bond donors (Lipinski definition) is 2. The number of halogens is 1. The molecule has 0 atom stereocenters. The quantitative estimate of drug-likeness (QED) is 0.864. The van der Waals surface area contributed by atoms with Gasteiger partial charge < -0.3 is 5.32 Å². The largest absolute Gasteiger partial charge is 0.367 e. The van der Waals surface area contributed by atoms with Crippen molar-refractivity contribution in [3.8, 4) is 0 Å². The van der Waals surface area contributed by atoms with Gasteiger partial charge in [-0.1, -0.05) is 12.8 Å². The van der Waals surface area contributed by atoms with Crippen LogP contribution >= 0.6 is 0 Å². The van der Waals surface area contributed by atoms with Gasteiger partial charge in [-0.2, -0.15) is 0 Å². The molecule has 0 spiro atoms. The first-order valence-corrected chi connectivity index (χ1v) is 9.44. The van der Waals surface area contributed by atoms with Crippen molar-refractivity contribution in [3.63, 3.8) is 0 Å². The number of nitrogens with one attached hydrogen (secondary N) is 2. The van der Waals surface area contributed by atoms with E-state index < -0.39 is 15.8 Å². The number of benzene rings is 1. The summed E-state index contributed by atoms with van der Waals surface area (Å²) in [5, 5.41) is 3.35. The average molecular weight is 349 g/mol. The number of aromatic nitrogens is 1. The summed E-state index contributed by atoms with van der Waals surface area (Å²) >= 11 is 0. The molecule has 24 heavy (non-hydrogen) atoms. The highest BCUT2D eigenvalue weighted by Crippen LogP contribution is 2.23. The molecule has 1 fully saturated rings. The van der Waals surface area contributed by atoms with Gasteiger partial charge in [0.2, 0.25) is 0 Å². The lowest BCUT2D eigenvalue weighted by atomic mass is 10.2. The van der Waals surface area contributed by atoms with Crippen LogP contribution in [0.25, 0.3) is 0 Å². The number of aryl methyl sites for hydroxylation is 1. The van der Waals surface area contributed by atoms with E-state index in [1.165, 1.54) is 31.2 Å². The van der Waals surface area contributed by atoms with Gasteiger partial charge in [0.05, 0.1) is 16.8 Å². The normalized spacial score (nSPS) is 15.4. The van der Waals surface area contributed by atoms with Crippen molar-refractivity contribution in [2.75, 3.05) is 10.0 Å². The van der Waals surface area contributed by atoms with Crippen LogP contribution in [0.1, 0.15) is 31.2 Å². The standard InChI is InChI=1S/C17H20FN3O2S/c1-12-10-13(18)6-8-16(12)24(22,23)21-15-7-9-17(19-11-15)20-14-4-2-3-5-14/h6-11,14,21H,2-5H2,1H3,(H,19,20). The molecule has 0 radical (unpaired) electrons. The Morgan fingerprint density at radius 1 is 1.17 bits per heavy atom. The van der Waals surface area contributed by atoms with E-state index >= 15 is 0 Å². The number of nitrogens with zero attached hydrogens (tertiary/aromatic N) is 1. The summed E-state index contributed by atoms with van der Waals surface area (Å²) in [6.45, 7) is 1.56. The molecule has 0 unspecified atom stereocenters. The predicted octanol–water partition coefficient (Wildman–Crippen LogP) is 3.68. The highest BCUT2D eigenvalue weighted by Gasteiger charge is 2.18. The van der Waals surface area contributed by atoms with Gasteiger partial charge >= 0.3 is 0 Å². The summed E-state index contributed by atoms with van der Waals surface area (Å²) in [4.78, 5) is 4.31. The van der Waals surface area contributed by atoms with Gasteiger partial charge in [-0.25, -0.2) is 17.8 Å². The van der Waals surface area contributed by atoms with E-state index in [0.717, 1.165) is 24.7 Å². The molecular formula is C17H20FN3O2S. The molecule has 0 aliphatic heterocycles. The van der Waals surface area contributed by atoms with Crippen molar-refractivity contribution in [1.29, 1.82) is 0 Å². The zero-order chi connectivity index (χ0) is 17.2.